The molecule has 0 aliphatic carbocycles. The third-order valence-corrected chi connectivity index (χ3v) is 4.92. The summed E-state index contributed by atoms with van der Waals surface area (Å²) in [5.74, 6) is -0.0134. The second-order valence-corrected chi connectivity index (χ2v) is 6.62. The van der Waals surface area contributed by atoms with Crippen molar-refractivity contribution >= 4 is 22.5 Å². The average Bonchev–Trinajstić information content (AvgIpc) is 2.98. The van der Waals surface area contributed by atoms with Crippen LogP contribution in [-0.2, 0) is 6.54 Å². The molecule has 2 aromatic carbocycles. The van der Waals surface area contributed by atoms with E-state index in [9.17, 15) is 9.18 Å². The van der Waals surface area contributed by atoms with Gasteiger partial charge in [0.05, 0.1) is 36.1 Å². The number of amides is 1. The highest BCUT2D eigenvalue weighted by molar-refractivity contribution is 6.11. The van der Waals surface area contributed by atoms with E-state index in [1.165, 1.54) is 19.2 Å². The minimum absolute atomic E-state index is 0.0662. The topological polar surface area (TPSA) is 68.5 Å². The maximum absolute atomic E-state index is 13.6. The molecule has 3 aromatic rings. The molecule has 5 nitrogen and oxygen atoms in total. The van der Waals surface area contributed by atoms with Gasteiger partial charge in [0.25, 0.3) is 5.91 Å². The van der Waals surface area contributed by atoms with E-state index >= 15 is 0 Å². The summed E-state index contributed by atoms with van der Waals surface area (Å²) in [5, 5.41) is 0.712. The fraction of sp³-hybridized carbons (Fsp3) is 0.238. The SMILES string of the molecule is CCCN1Cc2nc3c(-c4ccc(F)cc4OC)cccc3c(N)c2C1=O. The first kappa shape index (κ1) is 17.3. The van der Waals surface area contributed by atoms with E-state index in [1.807, 2.05) is 25.1 Å². The third kappa shape index (κ3) is 2.68. The minimum atomic E-state index is -0.370. The second-order valence-electron chi connectivity index (χ2n) is 6.62. The molecule has 0 radical (unpaired) electrons. The largest absolute Gasteiger partial charge is 0.496 e. The number of fused-ring (bicyclic) bond motifs is 2. The first-order valence-corrected chi connectivity index (χ1v) is 8.89. The molecule has 0 saturated heterocycles. The molecule has 0 spiro atoms. The lowest BCUT2D eigenvalue weighted by Crippen LogP contribution is -2.24. The first-order valence-electron chi connectivity index (χ1n) is 8.89. The lowest BCUT2D eigenvalue weighted by molar-refractivity contribution is 0.0779. The van der Waals surface area contributed by atoms with Crippen molar-refractivity contribution in [3.05, 3.63) is 53.5 Å². The van der Waals surface area contributed by atoms with Crippen molar-refractivity contribution in [3.63, 3.8) is 0 Å². The van der Waals surface area contributed by atoms with E-state index in [2.05, 4.69) is 0 Å². The van der Waals surface area contributed by atoms with Gasteiger partial charge >= 0.3 is 0 Å². The quantitative estimate of drug-likeness (QED) is 0.759. The second kappa shape index (κ2) is 6.54. The van der Waals surface area contributed by atoms with E-state index in [-0.39, 0.29) is 11.7 Å². The van der Waals surface area contributed by atoms with E-state index in [0.29, 0.717) is 46.7 Å². The number of carbonyl (C=O) groups excluding carboxylic acids is 1. The van der Waals surface area contributed by atoms with Crippen molar-refractivity contribution in [1.29, 1.82) is 0 Å². The van der Waals surface area contributed by atoms with Crippen molar-refractivity contribution in [2.75, 3.05) is 19.4 Å². The van der Waals surface area contributed by atoms with E-state index in [4.69, 9.17) is 15.5 Å². The predicted octanol–water partition coefficient (Wildman–Crippen LogP) is 4.00. The fourth-order valence-electron chi connectivity index (χ4n) is 3.68. The molecule has 1 aliphatic heterocycles. The number of para-hydroxylation sites is 1. The van der Waals surface area contributed by atoms with Gasteiger partial charge in [-0.3, -0.25) is 4.79 Å². The zero-order chi connectivity index (χ0) is 19.1. The van der Waals surface area contributed by atoms with Crippen LogP contribution in [0.4, 0.5) is 10.1 Å². The number of halogens is 1. The zero-order valence-corrected chi connectivity index (χ0v) is 15.3. The first-order chi connectivity index (χ1) is 13.0. The van der Waals surface area contributed by atoms with Crippen molar-refractivity contribution in [2.45, 2.75) is 19.9 Å². The van der Waals surface area contributed by atoms with Gasteiger partial charge in [0.15, 0.2) is 0 Å². The maximum Gasteiger partial charge on any atom is 0.258 e. The molecular formula is C21H20FN3O2. The van der Waals surface area contributed by atoms with Crippen LogP contribution >= 0.6 is 0 Å². The van der Waals surface area contributed by atoms with Crippen LogP contribution in [0, 0.1) is 5.82 Å². The molecule has 0 unspecified atom stereocenters. The van der Waals surface area contributed by atoms with Crippen molar-refractivity contribution in [1.82, 2.24) is 9.88 Å². The van der Waals surface area contributed by atoms with Gasteiger partial charge in [0.1, 0.15) is 11.6 Å². The standard InChI is InChI=1S/C21H20FN3O2/c1-3-9-25-11-16-18(21(25)26)19(23)15-6-4-5-14(20(15)24-16)13-8-7-12(22)10-17(13)27-2/h4-8,10H,3,9,11H2,1-2H3,(H2,23,24). The summed E-state index contributed by atoms with van der Waals surface area (Å²) < 4.78 is 19.0. The highest BCUT2D eigenvalue weighted by Gasteiger charge is 2.32. The fourth-order valence-corrected chi connectivity index (χ4v) is 3.68. The third-order valence-electron chi connectivity index (χ3n) is 4.92. The van der Waals surface area contributed by atoms with E-state index < -0.39 is 0 Å². The normalized spacial score (nSPS) is 13.3. The Kier molecular flexibility index (Phi) is 4.18. The molecule has 1 aliphatic rings. The van der Waals surface area contributed by atoms with Gasteiger partial charge in [-0.15, -0.1) is 0 Å². The van der Waals surface area contributed by atoms with Crippen LogP contribution < -0.4 is 10.5 Å². The van der Waals surface area contributed by atoms with Gasteiger partial charge in [-0.05, 0) is 18.6 Å². The lowest BCUT2D eigenvalue weighted by Gasteiger charge is -2.13. The molecule has 1 amide bonds. The molecule has 1 aromatic heterocycles. The molecule has 27 heavy (non-hydrogen) atoms. The predicted molar refractivity (Wildman–Crippen MR) is 103 cm³/mol. The van der Waals surface area contributed by atoms with Crippen LogP contribution in [0.2, 0.25) is 0 Å². The molecular weight excluding hydrogens is 345 g/mol. The number of pyridine rings is 1. The number of hydrogen-bond donors (Lipinski definition) is 1. The number of hydrogen-bond acceptors (Lipinski definition) is 4. The molecule has 2 N–H and O–H groups in total. The number of carbonyl (C=O) groups is 1. The number of rotatable bonds is 4. The van der Waals surface area contributed by atoms with E-state index in [1.54, 1.807) is 11.0 Å². The van der Waals surface area contributed by atoms with Crippen LogP contribution in [0.25, 0.3) is 22.0 Å². The number of anilines is 1. The molecule has 2 heterocycles. The molecule has 6 heteroatoms. The van der Waals surface area contributed by atoms with Gasteiger partial charge in [0, 0.05) is 29.1 Å². The van der Waals surface area contributed by atoms with Gasteiger partial charge in [0.2, 0.25) is 0 Å². The molecule has 138 valence electrons. The van der Waals surface area contributed by atoms with Crippen LogP contribution in [0.1, 0.15) is 29.4 Å². The summed E-state index contributed by atoms with van der Waals surface area (Å²) in [7, 11) is 1.50. The Labute approximate surface area is 156 Å². The summed E-state index contributed by atoms with van der Waals surface area (Å²) in [6, 6.07) is 10.0. The Bertz CT molecular complexity index is 1060. The molecule has 0 atom stereocenters. The van der Waals surface area contributed by atoms with Gasteiger partial charge < -0.3 is 15.4 Å². The summed E-state index contributed by atoms with van der Waals surface area (Å²) in [4.78, 5) is 19.2. The van der Waals surface area contributed by atoms with E-state index in [0.717, 1.165) is 17.5 Å². The number of methoxy groups -OCH3 is 1. The highest BCUT2D eigenvalue weighted by Crippen LogP contribution is 2.39. The van der Waals surface area contributed by atoms with Crippen LogP contribution in [0.3, 0.4) is 0 Å². The number of benzene rings is 2. The smallest absolute Gasteiger partial charge is 0.258 e. The number of nitrogens with zero attached hydrogens (tertiary/aromatic N) is 2. The summed E-state index contributed by atoms with van der Waals surface area (Å²) in [5.41, 5.74) is 10.2. The molecule has 0 fully saturated rings. The summed E-state index contributed by atoms with van der Waals surface area (Å²) in [6.45, 7) is 3.16. The van der Waals surface area contributed by atoms with Crippen molar-refractivity contribution in [2.24, 2.45) is 0 Å². The Balaban J connectivity index is 1.96. The molecule has 0 saturated carbocycles. The zero-order valence-electron chi connectivity index (χ0n) is 15.3. The molecule has 0 bridgehead atoms. The van der Waals surface area contributed by atoms with Crippen LogP contribution in [0.15, 0.2) is 36.4 Å². The molecule has 4 rings (SSSR count). The Hall–Kier alpha value is -3.15. The summed E-state index contributed by atoms with van der Waals surface area (Å²) in [6.07, 6.45) is 0.872. The average molecular weight is 365 g/mol. The van der Waals surface area contributed by atoms with Crippen molar-refractivity contribution < 1.29 is 13.9 Å². The Morgan fingerprint density at radius 2 is 2.07 bits per heavy atom. The van der Waals surface area contributed by atoms with Gasteiger partial charge in [-0.1, -0.05) is 25.1 Å². The maximum atomic E-state index is 13.6. The summed E-state index contributed by atoms with van der Waals surface area (Å²) >= 11 is 0. The number of nitrogen functional groups attached to an aromatic ring is 1. The monoisotopic (exact) mass is 365 g/mol. The lowest BCUT2D eigenvalue weighted by atomic mass is 9.98. The number of ether oxygens (including phenoxy) is 1. The Morgan fingerprint density at radius 3 is 2.81 bits per heavy atom. The Morgan fingerprint density at radius 1 is 1.26 bits per heavy atom. The van der Waals surface area contributed by atoms with Crippen LogP contribution in [-0.4, -0.2) is 29.4 Å². The van der Waals surface area contributed by atoms with Gasteiger partial charge in [-0.25, -0.2) is 9.37 Å². The van der Waals surface area contributed by atoms with Crippen molar-refractivity contribution in [3.8, 4) is 16.9 Å². The van der Waals surface area contributed by atoms with Crippen LogP contribution in [0.5, 0.6) is 5.75 Å². The number of nitrogens with two attached hydrogens (primary N) is 1. The highest BCUT2D eigenvalue weighted by atomic mass is 19.1. The minimum Gasteiger partial charge on any atom is -0.496 e. The van der Waals surface area contributed by atoms with Gasteiger partial charge in [-0.2, -0.15) is 0 Å². The number of aromatic nitrogens is 1.